The lowest BCUT2D eigenvalue weighted by atomic mass is 9.91. The SMILES string of the molecule is Cn1cc(C2CCN(CC(O)c3cc(F)ccc3F)CC2)cn1. The molecule has 1 fully saturated rings. The van der Waals surface area contributed by atoms with Gasteiger partial charge in [-0.2, -0.15) is 5.10 Å². The third-order valence-corrected chi connectivity index (χ3v) is 4.53. The second-order valence-corrected chi connectivity index (χ2v) is 6.20. The first kappa shape index (κ1) is 16.1. The maximum Gasteiger partial charge on any atom is 0.129 e. The van der Waals surface area contributed by atoms with E-state index in [4.69, 9.17) is 0 Å². The van der Waals surface area contributed by atoms with E-state index in [-0.39, 0.29) is 5.56 Å². The van der Waals surface area contributed by atoms with Crippen LogP contribution in [-0.2, 0) is 7.05 Å². The number of β-amino-alcohol motifs (C(OH)–C–C–N with tert-alkyl or cyclic N) is 1. The van der Waals surface area contributed by atoms with Gasteiger partial charge >= 0.3 is 0 Å². The molecule has 3 rings (SSSR count). The molecule has 1 saturated heterocycles. The highest BCUT2D eigenvalue weighted by Gasteiger charge is 2.24. The zero-order valence-corrected chi connectivity index (χ0v) is 13.1. The molecule has 1 aliphatic heterocycles. The molecule has 1 atom stereocenters. The maximum absolute atomic E-state index is 13.7. The number of nitrogens with zero attached hydrogens (tertiary/aromatic N) is 3. The molecule has 6 heteroatoms. The Kier molecular flexibility index (Phi) is 4.73. The Morgan fingerprint density at radius 2 is 2.04 bits per heavy atom. The summed E-state index contributed by atoms with van der Waals surface area (Å²) >= 11 is 0. The van der Waals surface area contributed by atoms with Gasteiger partial charge in [0.25, 0.3) is 0 Å². The van der Waals surface area contributed by atoms with Gasteiger partial charge in [0.2, 0.25) is 0 Å². The van der Waals surface area contributed by atoms with Gasteiger partial charge in [0, 0.05) is 25.4 Å². The van der Waals surface area contributed by atoms with Crippen LogP contribution in [0.15, 0.2) is 30.6 Å². The van der Waals surface area contributed by atoms with Gasteiger partial charge in [-0.25, -0.2) is 8.78 Å². The molecule has 2 heterocycles. The van der Waals surface area contributed by atoms with Crippen molar-refractivity contribution in [1.29, 1.82) is 0 Å². The van der Waals surface area contributed by atoms with E-state index in [1.54, 1.807) is 4.68 Å². The van der Waals surface area contributed by atoms with Gasteiger partial charge < -0.3 is 10.0 Å². The van der Waals surface area contributed by atoms with E-state index < -0.39 is 17.7 Å². The number of aromatic nitrogens is 2. The van der Waals surface area contributed by atoms with Crippen molar-refractivity contribution in [2.24, 2.45) is 7.05 Å². The highest BCUT2D eigenvalue weighted by atomic mass is 19.1. The van der Waals surface area contributed by atoms with Gasteiger partial charge in [-0.05, 0) is 55.6 Å². The van der Waals surface area contributed by atoms with Crippen LogP contribution in [0.1, 0.15) is 36.0 Å². The molecule has 0 spiro atoms. The third-order valence-electron chi connectivity index (χ3n) is 4.53. The van der Waals surface area contributed by atoms with Crippen molar-refractivity contribution in [2.45, 2.75) is 24.9 Å². The van der Waals surface area contributed by atoms with Crippen molar-refractivity contribution in [3.8, 4) is 0 Å². The normalized spacial score (nSPS) is 18.3. The van der Waals surface area contributed by atoms with Crippen LogP contribution >= 0.6 is 0 Å². The average molecular weight is 321 g/mol. The monoisotopic (exact) mass is 321 g/mol. The van der Waals surface area contributed by atoms with Crippen molar-refractivity contribution < 1.29 is 13.9 Å². The van der Waals surface area contributed by atoms with E-state index in [0.717, 1.165) is 44.1 Å². The number of piperidine rings is 1. The fraction of sp³-hybridized carbons (Fsp3) is 0.471. The van der Waals surface area contributed by atoms with Crippen LogP contribution in [0.2, 0.25) is 0 Å². The summed E-state index contributed by atoms with van der Waals surface area (Å²) in [5, 5.41) is 14.4. The number of rotatable bonds is 4. The number of aryl methyl sites for hydroxylation is 1. The van der Waals surface area contributed by atoms with Gasteiger partial charge in [0.05, 0.1) is 12.3 Å². The number of hydrogen-bond acceptors (Lipinski definition) is 3. The Morgan fingerprint density at radius 3 is 2.70 bits per heavy atom. The molecule has 1 aromatic heterocycles. The van der Waals surface area contributed by atoms with Crippen molar-refractivity contribution >= 4 is 0 Å². The lowest BCUT2D eigenvalue weighted by molar-refractivity contribution is 0.0945. The van der Waals surface area contributed by atoms with Gasteiger partial charge in [-0.3, -0.25) is 4.68 Å². The molecular formula is C17H21F2N3O. The second-order valence-electron chi connectivity index (χ2n) is 6.20. The van der Waals surface area contributed by atoms with E-state index in [9.17, 15) is 13.9 Å². The molecule has 23 heavy (non-hydrogen) atoms. The van der Waals surface area contributed by atoms with Crippen LogP contribution in [-0.4, -0.2) is 39.4 Å². The smallest absolute Gasteiger partial charge is 0.129 e. The van der Waals surface area contributed by atoms with E-state index in [0.29, 0.717) is 12.5 Å². The lowest BCUT2D eigenvalue weighted by Crippen LogP contribution is -2.36. The van der Waals surface area contributed by atoms with E-state index in [2.05, 4.69) is 10.00 Å². The van der Waals surface area contributed by atoms with Gasteiger partial charge in [-0.15, -0.1) is 0 Å². The number of hydrogen-bond donors (Lipinski definition) is 1. The third kappa shape index (κ3) is 3.76. The Bertz CT molecular complexity index is 666. The summed E-state index contributed by atoms with van der Waals surface area (Å²) < 4.78 is 28.7. The molecule has 1 unspecified atom stereocenters. The maximum atomic E-state index is 13.7. The number of likely N-dealkylation sites (tertiary alicyclic amines) is 1. The summed E-state index contributed by atoms with van der Waals surface area (Å²) in [4.78, 5) is 2.10. The number of aliphatic hydroxyl groups excluding tert-OH is 1. The highest BCUT2D eigenvalue weighted by molar-refractivity contribution is 5.21. The van der Waals surface area contributed by atoms with Crippen LogP contribution < -0.4 is 0 Å². The first-order valence-corrected chi connectivity index (χ1v) is 7.87. The summed E-state index contributed by atoms with van der Waals surface area (Å²) in [5.74, 6) is -0.622. The molecule has 1 aliphatic rings. The van der Waals surface area contributed by atoms with Crippen LogP contribution in [0.3, 0.4) is 0 Å². The number of aliphatic hydroxyl groups is 1. The van der Waals surface area contributed by atoms with Crippen LogP contribution in [0.5, 0.6) is 0 Å². The highest BCUT2D eigenvalue weighted by Crippen LogP contribution is 2.29. The first-order valence-electron chi connectivity index (χ1n) is 7.87. The molecule has 4 nitrogen and oxygen atoms in total. The fourth-order valence-electron chi connectivity index (χ4n) is 3.21. The Labute approximate surface area is 134 Å². The van der Waals surface area contributed by atoms with Crippen LogP contribution in [0.25, 0.3) is 0 Å². The van der Waals surface area contributed by atoms with Crippen molar-refractivity contribution in [1.82, 2.24) is 14.7 Å². The quantitative estimate of drug-likeness (QED) is 0.941. The molecule has 2 aromatic rings. The van der Waals surface area contributed by atoms with E-state index in [1.807, 2.05) is 19.4 Å². The van der Waals surface area contributed by atoms with Crippen LogP contribution in [0, 0.1) is 11.6 Å². The zero-order chi connectivity index (χ0) is 16.4. The molecule has 0 radical (unpaired) electrons. The van der Waals surface area contributed by atoms with Crippen molar-refractivity contribution in [2.75, 3.05) is 19.6 Å². The standard InChI is InChI=1S/C17H21F2N3O/c1-21-10-13(9-20-21)12-4-6-22(7-5-12)11-17(23)15-8-14(18)2-3-16(15)19/h2-3,8-10,12,17,23H,4-7,11H2,1H3. The van der Waals surface area contributed by atoms with Crippen molar-refractivity contribution in [3.63, 3.8) is 0 Å². The van der Waals surface area contributed by atoms with E-state index in [1.165, 1.54) is 5.56 Å². The van der Waals surface area contributed by atoms with Gasteiger partial charge in [0.15, 0.2) is 0 Å². The van der Waals surface area contributed by atoms with E-state index >= 15 is 0 Å². The number of benzene rings is 1. The summed E-state index contributed by atoms with van der Waals surface area (Å²) in [6.07, 6.45) is 4.88. The molecular weight excluding hydrogens is 300 g/mol. The molecule has 0 aliphatic carbocycles. The molecule has 124 valence electrons. The fourth-order valence-corrected chi connectivity index (χ4v) is 3.21. The van der Waals surface area contributed by atoms with Gasteiger partial charge in [-0.1, -0.05) is 0 Å². The summed E-state index contributed by atoms with van der Waals surface area (Å²) in [5.41, 5.74) is 1.27. The average Bonchev–Trinajstić information content (AvgIpc) is 2.97. The minimum atomic E-state index is -1.01. The Hall–Kier alpha value is -1.79. The topological polar surface area (TPSA) is 41.3 Å². The molecule has 1 aromatic carbocycles. The largest absolute Gasteiger partial charge is 0.387 e. The lowest BCUT2D eigenvalue weighted by Gasteiger charge is -2.32. The zero-order valence-electron chi connectivity index (χ0n) is 13.1. The van der Waals surface area contributed by atoms with Crippen molar-refractivity contribution in [3.05, 3.63) is 53.4 Å². The Morgan fingerprint density at radius 1 is 1.30 bits per heavy atom. The van der Waals surface area contributed by atoms with Crippen LogP contribution in [0.4, 0.5) is 8.78 Å². The summed E-state index contributed by atoms with van der Waals surface area (Å²) in [7, 11) is 1.91. The predicted molar refractivity (Wildman–Crippen MR) is 82.9 cm³/mol. The predicted octanol–water partition coefficient (Wildman–Crippen LogP) is 2.61. The minimum Gasteiger partial charge on any atom is -0.387 e. The number of halogens is 2. The molecule has 0 amide bonds. The second kappa shape index (κ2) is 6.76. The molecule has 1 N–H and O–H groups in total. The molecule has 0 bridgehead atoms. The van der Waals surface area contributed by atoms with Gasteiger partial charge in [0.1, 0.15) is 11.6 Å². The first-order chi connectivity index (χ1) is 11.0. The minimum absolute atomic E-state index is 0.0272. The Balaban J connectivity index is 1.57. The summed E-state index contributed by atoms with van der Waals surface area (Å²) in [6, 6.07) is 3.19. The summed E-state index contributed by atoms with van der Waals surface area (Å²) in [6.45, 7) is 1.97. The molecule has 0 saturated carbocycles.